The molecule has 0 rings (SSSR count). The maximum Gasteiger partial charge on any atom is 0.324 e. The maximum atomic E-state index is 11.6. The fourth-order valence-corrected chi connectivity index (χ4v) is 3.84. The molecule has 6 heteroatoms. The summed E-state index contributed by atoms with van der Waals surface area (Å²) in [5.74, 6) is 0.838. The van der Waals surface area contributed by atoms with E-state index in [1.165, 1.54) is 0 Å². The molecule has 0 aliphatic heterocycles. The van der Waals surface area contributed by atoms with E-state index in [4.69, 9.17) is 5.26 Å². The van der Waals surface area contributed by atoms with Crippen molar-refractivity contribution >= 4 is 18.1 Å². The molecule has 2 unspecified atom stereocenters. The highest BCUT2D eigenvalue weighted by molar-refractivity contribution is 8.55. The lowest BCUT2D eigenvalue weighted by Gasteiger charge is -2.15. The normalized spacial score (nSPS) is 17.1. The van der Waals surface area contributed by atoms with Crippen LogP contribution >= 0.6 is 18.1 Å². The molecule has 4 nitrogen and oxygen atoms in total. The molecule has 0 aromatic heterocycles. The first kappa shape index (κ1) is 15.0. The van der Waals surface area contributed by atoms with Crippen molar-refractivity contribution in [2.75, 3.05) is 12.3 Å². The Balaban J connectivity index is 3.94. The summed E-state index contributed by atoms with van der Waals surface area (Å²) < 4.78 is 11.6. The maximum absolute atomic E-state index is 11.6. The summed E-state index contributed by atoms with van der Waals surface area (Å²) in [4.78, 5) is 9.50. The molecule has 0 radical (unpaired) electrons. The van der Waals surface area contributed by atoms with Gasteiger partial charge in [-0.3, -0.25) is 4.57 Å². The van der Waals surface area contributed by atoms with Gasteiger partial charge in [-0.2, -0.15) is 5.26 Å². The molecule has 0 saturated heterocycles. The second-order valence-electron chi connectivity index (χ2n) is 3.81. The van der Waals surface area contributed by atoms with Crippen LogP contribution in [0.15, 0.2) is 0 Å². The monoisotopic (exact) mass is 250 g/mol. The van der Waals surface area contributed by atoms with Crippen LogP contribution in [-0.4, -0.2) is 17.2 Å². The van der Waals surface area contributed by atoms with Gasteiger partial charge in [-0.05, 0) is 12.3 Å². The lowest BCUT2D eigenvalue weighted by Crippen LogP contribution is -2.18. The Bertz CT molecular complexity index is 265. The van der Waals surface area contributed by atoms with Crippen molar-refractivity contribution in [3.8, 4) is 6.07 Å². The molecule has 0 amide bonds. The minimum atomic E-state index is -3.31. The SMILES string of the molecule is CCC(C#N)CNP(=O)(O)SCC(C)C. The quantitative estimate of drug-likeness (QED) is 0.679. The topological polar surface area (TPSA) is 73.1 Å². The molecule has 2 N–H and O–H groups in total. The van der Waals surface area contributed by atoms with Crippen LogP contribution < -0.4 is 5.09 Å². The van der Waals surface area contributed by atoms with E-state index >= 15 is 0 Å². The van der Waals surface area contributed by atoms with Gasteiger partial charge in [0, 0.05) is 12.3 Å². The highest BCUT2D eigenvalue weighted by Crippen LogP contribution is 2.51. The second kappa shape index (κ2) is 7.29. The minimum Gasteiger partial charge on any atom is -0.326 e. The van der Waals surface area contributed by atoms with Crippen molar-refractivity contribution in [3.63, 3.8) is 0 Å². The largest absolute Gasteiger partial charge is 0.326 e. The molecule has 0 spiro atoms. The Labute approximate surface area is 95.7 Å². The highest BCUT2D eigenvalue weighted by Gasteiger charge is 2.20. The van der Waals surface area contributed by atoms with Crippen molar-refractivity contribution in [1.82, 2.24) is 5.09 Å². The van der Waals surface area contributed by atoms with E-state index in [2.05, 4.69) is 11.2 Å². The van der Waals surface area contributed by atoms with Crippen LogP contribution in [0.5, 0.6) is 0 Å². The molecule has 0 fully saturated rings. The predicted octanol–water partition coefficient (Wildman–Crippen LogP) is 2.62. The number of nitrogens with one attached hydrogen (secondary N) is 1. The third kappa shape index (κ3) is 7.87. The van der Waals surface area contributed by atoms with Gasteiger partial charge >= 0.3 is 6.72 Å². The molecule has 0 aromatic rings. The summed E-state index contributed by atoms with van der Waals surface area (Å²) in [5.41, 5.74) is 0. The third-order valence-electron chi connectivity index (χ3n) is 1.80. The van der Waals surface area contributed by atoms with Gasteiger partial charge < -0.3 is 4.89 Å². The molecule has 0 bridgehead atoms. The number of nitriles is 1. The van der Waals surface area contributed by atoms with Gasteiger partial charge in [0.1, 0.15) is 0 Å². The van der Waals surface area contributed by atoms with Gasteiger partial charge in [0.25, 0.3) is 0 Å². The van der Waals surface area contributed by atoms with Crippen LogP contribution in [0.2, 0.25) is 0 Å². The van der Waals surface area contributed by atoms with Crippen molar-refractivity contribution in [2.24, 2.45) is 11.8 Å². The van der Waals surface area contributed by atoms with Crippen LogP contribution in [0.3, 0.4) is 0 Å². The number of rotatable bonds is 7. The molecule has 15 heavy (non-hydrogen) atoms. The first-order valence-corrected chi connectivity index (χ1v) is 8.28. The molecular formula is C9H19N2O2PS. The van der Waals surface area contributed by atoms with E-state index in [1.807, 2.05) is 20.8 Å². The zero-order chi connectivity index (χ0) is 11.9. The Morgan fingerprint density at radius 3 is 2.60 bits per heavy atom. The van der Waals surface area contributed by atoms with Crippen LogP contribution in [-0.2, 0) is 4.57 Å². The molecule has 0 aliphatic rings. The average Bonchev–Trinajstić information content (AvgIpc) is 2.17. The molecule has 0 heterocycles. The summed E-state index contributed by atoms with van der Waals surface area (Å²) >= 11 is 1.04. The van der Waals surface area contributed by atoms with E-state index in [-0.39, 0.29) is 12.5 Å². The minimum absolute atomic E-state index is 0.190. The van der Waals surface area contributed by atoms with Crippen molar-refractivity contribution in [2.45, 2.75) is 27.2 Å². The molecule has 88 valence electrons. The zero-order valence-corrected chi connectivity index (χ0v) is 11.1. The summed E-state index contributed by atoms with van der Waals surface area (Å²) in [6, 6.07) is 2.09. The van der Waals surface area contributed by atoms with E-state index in [1.54, 1.807) is 0 Å². The van der Waals surface area contributed by atoms with Crippen LogP contribution in [0, 0.1) is 23.2 Å². The summed E-state index contributed by atoms with van der Waals surface area (Å²) in [5, 5.41) is 11.2. The fourth-order valence-electron chi connectivity index (χ4n) is 0.803. The Morgan fingerprint density at radius 2 is 2.20 bits per heavy atom. The first-order valence-electron chi connectivity index (χ1n) is 5.03. The fraction of sp³-hybridized carbons (Fsp3) is 0.889. The van der Waals surface area contributed by atoms with Gasteiger partial charge in [0.05, 0.1) is 12.0 Å². The second-order valence-corrected chi connectivity index (χ2v) is 8.01. The van der Waals surface area contributed by atoms with Gasteiger partial charge in [0.15, 0.2) is 0 Å². The standard InChI is InChI=1S/C9H19N2O2PS/c1-4-9(5-10)6-11-14(12,13)15-7-8(2)3/h8-9H,4,6-7H2,1-3H3,(H2,11,12,13). The lowest BCUT2D eigenvalue weighted by atomic mass is 10.1. The van der Waals surface area contributed by atoms with Gasteiger partial charge in [-0.1, -0.05) is 32.2 Å². The highest BCUT2D eigenvalue weighted by atomic mass is 32.7. The first-order chi connectivity index (χ1) is 6.91. The summed E-state index contributed by atoms with van der Waals surface area (Å²) in [6.07, 6.45) is 0.693. The molecule has 0 saturated carbocycles. The molecular weight excluding hydrogens is 231 g/mol. The molecule has 0 aromatic carbocycles. The van der Waals surface area contributed by atoms with Crippen molar-refractivity contribution in [1.29, 1.82) is 5.26 Å². The number of nitrogens with zero attached hydrogens (tertiary/aromatic N) is 1. The Hall–Kier alpha value is -0.0100. The average molecular weight is 250 g/mol. The summed E-state index contributed by atoms with van der Waals surface area (Å²) in [6.45, 7) is 2.85. The number of hydrogen-bond acceptors (Lipinski definition) is 3. The third-order valence-corrected chi connectivity index (χ3v) is 5.43. The van der Waals surface area contributed by atoms with E-state index in [9.17, 15) is 9.46 Å². The Kier molecular flexibility index (Phi) is 7.29. The van der Waals surface area contributed by atoms with Crippen LogP contribution in [0.25, 0.3) is 0 Å². The number of hydrogen-bond donors (Lipinski definition) is 2. The van der Waals surface area contributed by atoms with Gasteiger partial charge in [-0.25, -0.2) is 5.09 Å². The van der Waals surface area contributed by atoms with E-state index < -0.39 is 6.72 Å². The lowest BCUT2D eigenvalue weighted by molar-refractivity contribution is 0.474. The molecule has 2 atom stereocenters. The predicted molar refractivity (Wildman–Crippen MR) is 64.5 cm³/mol. The van der Waals surface area contributed by atoms with Crippen LogP contribution in [0.1, 0.15) is 27.2 Å². The van der Waals surface area contributed by atoms with Crippen molar-refractivity contribution < 1.29 is 9.46 Å². The van der Waals surface area contributed by atoms with E-state index in [0.29, 0.717) is 18.1 Å². The van der Waals surface area contributed by atoms with Gasteiger partial charge in [-0.15, -0.1) is 0 Å². The molecule has 0 aliphatic carbocycles. The van der Waals surface area contributed by atoms with Gasteiger partial charge in [0.2, 0.25) is 0 Å². The smallest absolute Gasteiger partial charge is 0.324 e. The zero-order valence-electron chi connectivity index (χ0n) is 9.43. The summed E-state index contributed by atoms with van der Waals surface area (Å²) in [7, 11) is 0. The Morgan fingerprint density at radius 1 is 1.60 bits per heavy atom. The van der Waals surface area contributed by atoms with E-state index in [0.717, 1.165) is 11.4 Å². The van der Waals surface area contributed by atoms with Crippen LogP contribution in [0.4, 0.5) is 0 Å². The van der Waals surface area contributed by atoms with Crippen molar-refractivity contribution in [3.05, 3.63) is 0 Å².